The summed E-state index contributed by atoms with van der Waals surface area (Å²) in [4.78, 5) is -1.03. The highest BCUT2D eigenvalue weighted by atomic mass is 32.2. The van der Waals surface area contributed by atoms with Crippen LogP contribution in [-0.4, -0.2) is 15.5 Å². The number of benzene rings is 1. The van der Waals surface area contributed by atoms with E-state index in [0.29, 0.717) is 11.3 Å². The maximum Gasteiger partial charge on any atom is 0.387 e. The van der Waals surface area contributed by atoms with E-state index in [4.69, 9.17) is 4.74 Å². The minimum atomic E-state index is -4.80. The number of hydrogen-bond donors (Lipinski definition) is 0. The van der Waals surface area contributed by atoms with Crippen LogP contribution in [0.5, 0.6) is 5.75 Å². The molecule has 0 saturated carbocycles. The quantitative estimate of drug-likeness (QED) is 0.870. The molecule has 0 unspecified atom stereocenters. The van der Waals surface area contributed by atoms with Crippen molar-refractivity contribution in [2.45, 2.75) is 10.2 Å². The SMILES string of the molecule is COc1ccsc1C(F)(F)S(=O)(=O)c1ccccc1. The molecule has 0 spiro atoms. The van der Waals surface area contributed by atoms with Gasteiger partial charge in [0.05, 0.1) is 12.0 Å². The molecule has 1 aromatic carbocycles. The van der Waals surface area contributed by atoms with Gasteiger partial charge < -0.3 is 4.74 Å². The molecule has 0 aliphatic heterocycles. The number of alkyl halides is 2. The number of ether oxygens (including phenoxy) is 1. The van der Waals surface area contributed by atoms with Gasteiger partial charge in [-0.25, -0.2) is 8.42 Å². The monoisotopic (exact) mass is 304 g/mol. The normalized spacial score (nSPS) is 12.4. The van der Waals surface area contributed by atoms with Gasteiger partial charge in [-0.15, -0.1) is 11.3 Å². The Bertz CT molecular complexity index is 663. The minimum Gasteiger partial charge on any atom is -0.495 e. The molecule has 3 nitrogen and oxygen atoms in total. The number of rotatable bonds is 4. The van der Waals surface area contributed by atoms with Crippen molar-refractivity contribution in [3.8, 4) is 5.75 Å². The summed E-state index contributed by atoms with van der Waals surface area (Å²) in [6.45, 7) is 0. The molecule has 2 aromatic rings. The van der Waals surface area contributed by atoms with Crippen molar-refractivity contribution in [3.63, 3.8) is 0 Å². The predicted octanol–water partition coefficient (Wildman–Crippen LogP) is 3.28. The first-order valence-corrected chi connectivity index (χ1v) is 7.57. The molecule has 0 amide bonds. The van der Waals surface area contributed by atoms with Crippen molar-refractivity contribution >= 4 is 21.2 Å². The summed E-state index contributed by atoms with van der Waals surface area (Å²) >= 11 is 0.648. The Balaban J connectivity index is 2.56. The van der Waals surface area contributed by atoms with Crippen LogP contribution >= 0.6 is 11.3 Å². The molecular weight excluding hydrogens is 294 g/mol. The summed E-state index contributed by atoms with van der Waals surface area (Å²) in [5.41, 5.74) is 0. The van der Waals surface area contributed by atoms with Gasteiger partial charge in [0.1, 0.15) is 10.6 Å². The summed E-state index contributed by atoms with van der Waals surface area (Å²) in [7, 11) is -3.58. The molecule has 0 saturated heterocycles. The van der Waals surface area contributed by atoms with Crippen LogP contribution in [0.3, 0.4) is 0 Å². The van der Waals surface area contributed by atoms with Crippen LogP contribution in [0.1, 0.15) is 4.88 Å². The Morgan fingerprint density at radius 3 is 2.37 bits per heavy atom. The van der Waals surface area contributed by atoms with Crippen LogP contribution in [-0.2, 0) is 15.1 Å². The number of sulfone groups is 1. The Hall–Kier alpha value is -1.47. The van der Waals surface area contributed by atoms with Crippen molar-refractivity contribution in [3.05, 3.63) is 46.7 Å². The van der Waals surface area contributed by atoms with E-state index < -0.39 is 24.9 Å². The molecule has 0 atom stereocenters. The third-order valence-electron chi connectivity index (χ3n) is 2.50. The van der Waals surface area contributed by atoms with E-state index in [1.807, 2.05) is 0 Å². The van der Waals surface area contributed by atoms with E-state index in [1.54, 1.807) is 6.07 Å². The lowest BCUT2D eigenvalue weighted by molar-refractivity contribution is 0.0917. The van der Waals surface area contributed by atoms with Crippen molar-refractivity contribution in [1.82, 2.24) is 0 Å². The third kappa shape index (κ3) is 2.23. The Morgan fingerprint density at radius 2 is 1.79 bits per heavy atom. The van der Waals surface area contributed by atoms with Gasteiger partial charge in [-0.1, -0.05) is 18.2 Å². The molecule has 102 valence electrons. The summed E-state index contributed by atoms with van der Waals surface area (Å²) in [5, 5.41) is -2.66. The number of methoxy groups -OCH3 is 1. The lowest BCUT2D eigenvalue weighted by Crippen LogP contribution is -2.25. The second-order valence-electron chi connectivity index (χ2n) is 3.65. The van der Waals surface area contributed by atoms with Gasteiger partial charge in [0.2, 0.25) is 9.84 Å². The van der Waals surface area contributed by atoms with Crippen LogP contribution in [0.4, 0.5) is 8.78 Å². The van der Waals surface area contributed by atoms with Crippen molar-refractivity contribution < 1.29 is 21.9 Å². The average molecular weight is 304 g/mol. The van der Waals surface area contributed by atoms with Gasteiger partial charge in [-0.3, -0.25) is 0 Å². The first-order valence-electron chi connectivity index (χ1n) is 5.20. The molecule has 1 heterocycles. The smallest absolute Gasteiger partial charge is 0.387 e. The molecule has 0 fully saturated rings. The van der Waals surface area contributed by atoms with E-state index in [9.17, 15) is 17.2 Å². The topological polar surface area (TPSA) is 43.4 Å². The van der Waals surface area contributed by atoms with Crippen LogP contribution in [0.2, 0.25) is 0 Å². The van der Waals surface area contributed by atoms with Gasteiger partial charge >= 0.3 is 5.25 Å². The zero-order valence-corrected chi connectivity index (χ0v) is 11.5. The molecule has 7 heteroatoms. The van der Waals surface area contributed by atoms with Crippen molar-refractivity contribution in [2.24, 2.45) is 0 Å². The van der Waals surface area contributed by atoms with Crippen LogP contribution in [0.15, 0.2) is 46.7 Å². The van der Waals surface area contributed by atoms with Crippen LogP contribution in [0.25, 0.3) is 0 Å². The Kier molecular flexibility index (Phi) is 3.60. The Morgan fingerprint density at radius 1 is 1.16 bits per heavy atom. The zero-order valence-electron chi connectivity index (χ0n) is 9.84. The standard InChI is InChI=1S/C12H10F2O3S2/c1-17-10-7-8-18-11(10)12(13,14)19(15,16)9-5-3-2-4-6-9/h2-8H,1H3. The second-order valence-corrected chi connectivity index (χ2v) is 6.56. The summed E-state index contributed by atoms with van der Waals surface area (Å²) in [6.07, 6.45) is 0. The van der Waals surface area contributed by atoms with Gasteiger partial charge in [-0.2, -0.15) is 8.78 Å². The van der Waals surface area contributed by atoms with E-state index in [2.05, 4.69) is 0 Å². The molecule has 0 N–H and O–H groups in total. The molecule has 0 aliphatic rings. The van der Waals surface area contributed by atoms with E-state index in [-0.39, 0.29) is 5.75 Å². The second kappa shape index (κ2) is 4.90. The summed E-state index contributed by atoms with van der Waals surface area (Å²) in [6, 6.07) is 7.95. The molecule has 2 rings (SSSR count). The molecule has 19 heavy (non-hydrogen) atoms. The first-order chi connectivity index (χ1) is 8.91. The molecule has 0 aliphatic carbocycles. The fraction of sp³-hybridized carbons (Fsp3) is 0.167. The number of halogens is 2. The van der Waals surface area contributed by atoms with E-state index in [0.717, 1.165) is 12.1 Å². The molecule has 0 bridgehead atoms. The lowest BCUT2D eigenvalue weighted by Gasteiger charge is -2.16. The zero-order chi connectivity index (χ0) is 14.1. The molecule has 0 radical (unpaired) electrons. The highest BCUT2D eigenvalue weighted by Crippen LogP contribution is 2.45. The van der Waals surface area contributed by atoms with E-state index in [1.165, 1.54) is 30.7 Å². The minimum absolute atomic E-state index is 0.130. The van der Waals surface area contributed by atoms with Gasteiger partial charge in [-0.05, 0) is 23.6 Å². The fourth-order valence-electron chi connectivity index (χ4n) is 1.54. The predicted molar refractivity (Wildman–Crippen MR) is 68.4 cm³/mol. The maximum atomic E-state index is 14.2. The van der Waals surface area contributed by atoms with Crippen molar-refractivity contribution in [2.75, 3.05) is 7.11 Å². The molecule has 1 aromatic heterocycles. The van der Waals surface area contributed by atoms with Crippen LogP contribution in [0, 0.1) is 0 Å². The lowest BCUT2D eigenvalue weighted by atomic mass is 10.4. The summed E-state index contributed by atoms with van der Waals surface area (Å²) < 4.78 is 57.3. The average Bonchev–Trinajstić information content (AvgIpc) is 2.88. The largest absolute Gasteiger partial charge is 0.495 e. The van der Waals surface area contributed by atoms with E-state index >= 15 is 0 Å². The molecular formula is C12H10F2O3S2. The highest BCUT2D eigenvalue weighted by molar-refractivity contribution is 7.92. The summed E-state index contributed by atoms with van der Waals surface area (Å²) in [5.74, 6) is -0.130. The fourth-order valence-corrected chi connectivity index (χ4v) is 3.90. The third-order valence-corrected chi connectivity index (χ3v) is 5.37. The highest BCUT2D eigenvalue weighted by Gasteiger charge is 2.50. The maximum absolute atomic E-state index is 14.2. The van der Waals surface area contributed by atoms with Crippen molar-refractivity contribution in [1.29, 1.82) is 0 Å². The van der Waals surface area contributed by atoms with Gasteiger partial charge in [0, 0.05) is 0 Å². The Labute approximate surface area is 113 Å². The number of thiophene rings is 1. The van der Waals surface area contributed by atoms with Gasteiger partial charge in [0.25, 0.3) is 0 Å². The first kappa shape index (κ1) is 14.0. The van der Waals surface area contributed by atoms with Crippen LogP contribution < -0.4 is 4.74 Å². The van der Waals surface area contributed by atoms with Gasteiger partial charge in [0.15, 0.2) is 0 Å². The number of hydrogen-bond acceptors (Lipinski definition) is 4.